The molecule has 0 aromatic rings. The summed E-state index contributed by atoms with van der Waals surface area (Å²) in [6, 6.07) is 0. The van der Waals surface area contributed by atoms with Gasteiger partial charge in [0.2, 0.25) is 0 Å². The number of alkyl halides is 3. The summed E-state index contributed by atoms with van der Waals surface area (Å²) in [5, 5.41) is 11.0. The lowest BCUT2D eigenvalue weighted by Gasteiger charge is -2.61. The molecule has 0 aliphatic heterocycles. The van der Waals surface area contributed by atoms with Crippen LogP contribution in [-0.2, 0) is 4.74 Å². The van der Waals surface area contributed by atoms with Gasteiger partial charge in [0.25, 0.3) is 0 Å². The topological polar surface area (TPSA) is 29.5 Å². The molecule has 2 nitrogen and oxygen atoms in total. The highest BCUT2D eigenvalue weighted by molar-refractivity contribution is 5.11. The first kappa shape index (κ1) is 19.0. The van der Waals surface area contributed by atoms with Gasteiger partial charge in [-0.3, -0.25) is 0 Å². The van der Waals surface area contributed by atoms with Gasteiger partial charge in [0.1, 0.15) is 0 Å². The third-order valence-corrected chi connectivity index (χ3v) is 9.54. The number of ether oxygens (including phenoxy) is 1. The molecule has 0 saturated heterocycles. The van der Waals surface area contributed by atoms with E-state index in [1.54, 1.807) is 7.11 Å². The fourth-order valence-corrected chi connectivity index (χ4v) is 7.86. The predicted octanol–water partition coefficient (Wildman–Crippen LogP) is 5.54. The van der Waals surface area contributed by atoms with Crippen LogP contribution in [0.3, 0.4) is 0 Å². The lowest BCUT2D eigenvalue weighted by molar-refractivity contribution is -0.268. The zero-order valence-corrected chi connectivity index (χ0v) is 16.2. The van der Waals surface area contributed by atoms with Crippen molar-refractivity contribution in [2.45, 2.75) is 83.6 Å². The molecule has 0 aromatic carbocycles. The van der Waals surface area contributed by atoms with Crippen molar-refractivity contribution in [1.29, 1.82) is 0 Å². The van der Waals surface area contributed by atoms with Crippen molar-refractivity contribution in [3.8, 4) is 0 Å². The van der Waals surface area contributed by atoms with Gasteiger partial charge in [-0.25, -0.2) is 0 Å². The van der Waals surface area contributed by atoms with Gasteiger partial charge >= 0.3 is 6.18 Å². The molecule has 0 heterocycles. The Morgan fingerprint density at radius 2 is 1.62 bits per heavy atom. The fraction of sp³-hybridized carbons (Fsp3) is 1.00. The highest BCUT2D eigenvalue weighted by Gasteiger charge is 2.65. The van der Waals surface area contributed by atoms with Gasteiger partial charge in [0, 0.05) is 18.9 Å². The van der Waals surface area contributed by atoms with E-state index in [0.717, 1.165) is 32.1 Å². The zero-order valence-electron chi connectivity index (χ0n) is 16.2. The molecule has 4 aliphatic rings. The van der Waals surface area contributed by atoms with Crippen LogP contribution in [0.15, 0.2) is 0 Å². The second-order valence-corrected chi connectivity index (χ2v) is 10.2. The Kier molecular flexibility index (Phi) is 4.29. The molecule has 4 aliphatic carbocycles. The number of rotatable bonds is 1. The van der Waals surface area contributed by atoms with Crippen molar-refractivity contribution in [2.24, 2.45) is 40.4 Å². The van der Waals surface area contributed by atoms with Crippen LogP contribution in [0, 0.1) is 40.4 Å². The maximum Gasteiger partial charge on any atom is 0.391 e. The average Bonchev–Trinajstić information content (AvgIpc) is 2.85. The summed E-state index contributed by atoms with van der Waals surface area (Å²) in [5.41, 5.74) is -0.172. The van der Waals surface area contributed by atoms with E-state index < -0.39 is 17.9 Å². The van der Waals surface area contributed by atoms with Crippen LogP contribution in [0.5, 0.6) is 0 Å². The van der Waals surface area contributed by atoms with Gasteiger partial charge in [-0.15, -0.1) is 0 Å². The summed E-state index contributed by atoms with van der Waals surface area (Å²) in [7, 11) is 1.61. The van der Waals surface area contributed by atoms with E-state index in [0.29, 0.717) is 43.4 Å². The second-order valence-electron chi connectivity index (χ2n) is 10.2. The summed E-state index contributed by atoms with van der Waals surface area (Å²) in [6.07, 6.45) is 2.85. The van der Waals surface area contributed by atoms with Gasteiger partial charge in [-0.05, 0) is 80.5 Å². The van der Waals surface area contributed by atoms with Crippen LogP contribution in [0.1, 0.15) is 71.6 Å². The van der Waals surface area contributed by atoms with Gasteiger partial charge in [0.05, 0.1) is 5.92 Å². The maximum absolute atomic E-state index is 13.3. The van der Waals surface area contributed by atoms with Crippen molar-refractivity contribution in [3.05, 3.63) is 0 Å². The number of hydrogen-bond donors (Lipinski definition) is 1. The van der Waals surface area contributed by atoms with Crippen LogP contribution >= 0.6 is 0 Å². The van der Waals surface area contributed by atoms with Crippen LogP contribution in [0.25, 0.3) is 0 Å². The second kappa shape index (κ2) is 5.85. The molecule has 3 unspecified atom stereocenters. The van der Waals surface area contributed by atoms with Gasteiger partial charge in [-0.2, -0.15) is 13.2 Å². The highest BCUT2D eigenvalue weighted by atomic mass is 19.4. The van der Waals surface area contributed by atoms with Crippen molar-refractivity contribution in [2.75, 3.05) is 7.11 Å². The van der Waals surface area contributed by atoms with Crippen LogP contribution in [0.4, 0.5) is 13.2 Å². The number of halogens is 3. The first-order valence-corrected chi connectivity index (χ1v) is 10.4. The van der Waals surface area contributed by atoms with E-state index in [4.69, 9.17) is 4.74 Å². The van der Waals surface area contributed by atoms with Gasteiger partial charge < -0.3 is 9.84 Å². The maximum atomic E-state index is 13.3. The molecule has 1 N–H and O–H groups in total. The van der Waals surface area contributed by atoms with Gasteiger partial charge in [-0.1, -0.05) is 13.8 Å². The fourth-order valence-electron chi connectivity index (χ4n) is 7.86. The minimum atomic E-state index is -4.04. The molecule has 26 heavy (non-hydrogen) atoms. The van der Waals surface area contributed by atoms with E-state index in [2.05, 4.69) is 13.8 Å². The first-order chi connectivity index (χ1) is 12.1. The quantitative estimate of drug-likeness (QED) is 0.611. The van der Waals surface area contributed by atoms with Crippen molar-refractivity contribution >= 4 is 0 Å². The molecular weight excluding hydrogens is 341 g/mol. The Hall–Kier alpha value is -0.290. The Bertz CT molecular complexity index is 564. The number of aliphatic hydroxyl groups is 1. The van der Waals surface area contributed by atoms with Crippen LogP contribution in [-0.4, -0.2) is 24.2 Å². The summed E-state index contributed by atoms with van der Waals surface area (Å²) in [4.78, 5) is 0. The predicted molar refractivity (Wildman–Crippen MR) is 93.2 cm³/mol. The van der Waals surface area contributed by atoms with E-state index in [9.17, 15) is 18.3 Å². The minimum absolute atomic E-state index is 0.0414. The molecule has 150 valence electrons. The van der Waals surface area contributed by atoms with E-state index in [-0.39, 0.29) is 16.7 Å². The Morgan fingerprint density at radius 1 is 0.923 bits per heavy atom. The van der Waals surface area contributed by atoms with E-state index >= 15 is 0 Å². The SMILES string of the molecule is COC1(O)CC[C@H]2[C@@H]3CCC4CC(C(F)(F)F)CC[C@]4(C)[C@@H]3CC[C@@]21C. The Labute approximate surface area is 154 Å². The van der Waals surface area contributed by atoms with Crippen LogP contribution in [0.2, 0.25) is 0 Å². The lowest BCUT2D eigenvalue weighted by atomic mass is 9.44. The minimum Gasteiger partial charge on any atom is -0.365 e. The molecule has 0 radical (unpaired) electrons. The molecular formula is C21H33F3O2. The Morgan fingerprint density at radius 3 is 2.27 bits per heavy atom. The third-order valence-electron chi connectivity index (χ3n) is 9.54. The zero-order chi connectivity index (χ0) is 19.0. The van der Waals surface area contributed by atoms with Crippen molar-refractivity contribution < 1.29 is 23.0 Å². The molecule has 0 bridgehead atoms. The molecule has 4 fully saturated rings. The average molecular weight is 374 g/mol. The molecule has 0 aromatic heterocycles. The summed E-state index contributed by atoms with van der Waals surface area (Å²) < 4.78 is 45.4. The summed E-state index contributed by atoms with van der Waals surface area (Å²) >= 11 is 0. The smallest absolute Gasteiger partial charge is 0.365 e. The lowest BCUT2D eigenvalue weighted by Crippen LogP contribution is -2.57. The van der Waals surface area contributed by atoms with Crippen molar-refractivity contribution in [3.63, 3.8) is 0 Å². The molecule has 4 saturated carbocycles. The number of hydrogen-bond acceptors (Lipinski definition) is 2. The third kappa shape index (κ3) is 2.45. The molecule has 0 amide bonds. The van der Waals surface area contributed by atoms with Crippen molar-refractivity contribution in [1.82, 2.24) is 0 Å². The largest absolute Gasteiger partial charge is 0.391 e. The first-order valence-electron chi connectivity index (χ1n) is 10.4. The van der Waals surface area contributed by atoms with Crippen LogP contribution < -0.4 is 0 Å². The van der Waals surface area contributed by atoms with E-state index in [1.807, 2.05) is 0 Å². The standard InChI is InChI=1S/C21H33F3O2/c1-18-9-6-14(21(22,23)24)12-13(18)4-5-15-16(18)7-10-19(2)17(15)8-11-20(19,25)26-3/h13-17,25H,4-12H2,1-3H3/t13?,14?,15-,16-,17+,18+,19+,20?/m1/s1. The summed E-state index contributed by atoms with van der Waals surface area (Å²) in [5.74, 6) is -0.459. The Balaban J connectivity index is 1.58. The molecule has 4 rings (SSSR count). The number of fused-ring (bicyclic) bond motifs is 5. The van der Waals surface area contributed by atoms with Gasteiger partial charge in [0.15, 0.2) is 5.79 Å². The molecule has 8 atom stereocenters. The number of methoxy groups -OCH3 is 1. The highest BCUT2D eigenvalue weighted by Crippen LogP contribution is 2.69. The molecule has 5 heteroatoms. The summed E-state index contributed by atoms with van der Waals surface area (Å²) in [6.45, 7) is 4.46. The normalized spacial score (nSPS) is 54.3. The van der Waals surface area contributed by atoms with E-state index in [1.165, 1.54) is 0 Å². The monoisotopic (exact) mass is 374 g/mol. The molecule has 0 spiro atoms.